The van der Waals surface area contributed by atoms with Crippen molar-refractivity contribution in [2.75, 3.05) is 6.54 Å². The first-order valence-corrected chi connectivity index (χ1v) is 8.69. The van der Waals surface area contributed by atoms with Gasteiger partial charge in [-0.1, -0.05) is 78.9 Å². The third-order valence-corrected chi connectivity index (χ3v) is 4.98. The molecule has 4 rings (SSSR count). The summed E-state index contributed by atoms with van der Waals surface area (Å²) < 4.78 is 2.30. The fourth-order valence-corrected chi connectivity index (χ4v) is 3.83. The van der Waals surface area contributed by atoms with Gasteiger partial charge in [0.15, 0.2) is 0 Å². The van der Waals surface area contributed by atoms with Crippen LogP contribution in [0.1, 0.15) is 17.0 Å². The molecule has 4 aromatic rings. The van der Waals surface area contributed by atoms with Crippen LogP contribution < -0.4 is 5.73 Å². The number of halogens is 1. The van der Waals surface area contributed by atoms with Crippen LogP contribution in [-0.4, -0.2) is 11.1 Å². The Morgan fingerprint density at radius 3 is 2.04 bits per heavy atom. The lowest BCUT2D eigenvalue weighted by atomic mass is 9.87. The largest absolute Gasteiger partial charge is 0.343 e. The summed E-state index contributed by atoms with van der Waals surface area (Å²) in [7, 11) is 2.15. The third kappa shape index (κ3) is 3.03. The highest BCUT2D eigenvalue weighted by atomic mass is 35.5. The van der Waals surface area contributed by atoms with E-state index in [4.69, 9.17) is 5.73 Å². The Hall–Kier alpha value is -2.55. The van der Waals surface area contributed by atoms with Gasteiger partial charge in [0.25, 0.3) is 0 Å². The Bertz CT molecular complexity index is 991. The zero-order valence-electron chi connectivity index (χ0n) is 14.8. The molecule has 2 N–H and O–H groups in total. The number of para-hydroxylation sites is 1. The molecule has 3 aromatic carbocycles. The zero-order chi connectivity index (χ0) is 17.2. The van der Waals surface area contributed by atoms with Gasteiger partial charge in [0.2, 0.25) is 0 Å². The molecule has 0 saturated carbocycles. The van der Waals surface area contributed by atoms with Gasteiger partial charge in [0.1, 0.15) is 0 Å². The van der Waals surface area contributed by atoms with Gasteiger partial charge in [-0.2, -0.15) is 0 Å². The van der Waals surface area contributed by atoms with Gasteiger partial charge in [0.05, 0.1) is 5.69 Å². The second-order valence-electron chi connectivity index (χ2n) is 6.40. The molecule has 0 spiro atoms. The summed E-state index contributed by atoms with van der Waals surface area (Å²) in [6.07, 6.45) is 0. The molecule has 1 aromatic heterocycles. The maximum Gasteiger partial charge on any atom is 0.0527 e. The summed E-state index contributed by atoms with van der Waals surface area (Å²) in [6, 6.07) is 29.8. The molecule has 0 bridgehead atoms. The average Bonchev–Trinajstić information content (AvgIpc) is 2.97. The van der Waals surface area contributed by atoms with Crippen molar-refractivity contribution < 1.29 is 0 Å². The fraction of sp³-hybridized carbons (Fsp3) is 0.130. The van der Waals surface area contributed by atoms with E-state index in [9.17, 15) is 0 Å². The Balaban J connectivity index is 0.00000196. The number of hydrogen-bond acceptors (Lipinski definition) is 1. The quantitative estimate of drug-likeness (QED) is 0.520. The Labute approximate surface area is 160 Å². The minimum Gasteiger partial charge on any atom is -0.343 e. The van der Waals surface area contributed by atoms with Gasteiger partial charge < -0.3 is 10.3 Å². The standard InChI is InChI=1S/C23H22N2.ClH/c1-25-21-15-9-8-14-19(21)22(23(25)18-12-6-3-7-13-18)20(16-24)17-10-4-2-5-11-17;/h2-15,20H,16,24H2,1H3;1H. The SMILES string of the molecule is Cl.Cn1c(-c2ccccc2)c(C(CN)c2ccccc2)c2ccccc21. The molecule has 1 unspecified atom stereocenters. The lowest BCUT2D eigenvalue weighted by molar-refractivity contribution is 0.820. The van der Waals surface area contributed by atoms with E-state index < -0.39 is 0 Å². The van der Waals surface area contributed by atoms with E-state index in [2.05, 4.69) is 96.5 Å². The number of hydrogen-bond donors (Lipinski definition) is 1. The van der Waals surface area contributed by atoms with E-state index in [1.165, 1.54) is 33.3 Å². The maximum atomic E-state index is 6.27. The first-order valence-electron chi connectivity index (χ1n) is 8.69. The normalized spacial score (nSPS) is 11.9. The number of aryl methyl sites for hydroxylation is 1. The Morgan fingerprint density at radius 2 is 1.38 bits per heavy atom. The van der Waals surface area contributed by atoms with Crippen LogP contribution >= 0.6 is 12.4 Å². The molecule has 26 heavy (non-hydrogen) atoms. The van der Waals surface area contributed by atoms with Crippen molar-refractivity contribution in [3.8, 4) is 11.3 Å². The van der Waals surface area contributed by atoms with Crippen LogP contribution in [0.5, 0.6) is 0 Å². The van der Waals surface area contributed by atoms with Gasteiger partial charge in [0, 0.05) is 30.4 Å². The first kappa shape index (κ1) is 18.2. The van der Waals surface area contributed by atoms with Gasteiger partial charge in [-0.3, -0.25) is 0 Å². The molecule has 1 atom stereocenters. The summed E-state index contributed by atoms with van der Waals surface area (Å²) in [5.41, 5.74) is 12.6. The lowest BCUT2D eigenvalue weighted by Crippen LogP contribution is -2.14. The summed E-state index contributed by atoms with van der Waals surface area (Å²) >= 11 is 0. The highest BCUT2D eigenvalue weighted by Crippen LogP contribution is 2.39. The number of rotatable bonds is 4. The van der Waals surface area contributed by atoms with Crippen LogP contribution in [0, 0.1) is 0 Å². The second kappa shape index (κ2) is 7.77. The molecule has 0 aliphatic heterocycles. The smallest absolute Gasteiger partial charge is 0.0527 e. The van der Waals surface area contributed by atoms with E-state index >= 15 is 0 Å². The molecule has 0 aliphatic rings. The van der Waals surface area contributed by atoms with Crippen molar-refractivity contribution in [2.45, 2.75) is 5.92 Å². The Morgan fingerprint density at radius 1 is 0.808 bits per heavy atom. The second-order valence-corrected chi connectivity index (χ2v) is 6.40. The van der Waals surface area contributed by atoms with E-state index in [-0.39, 0.29) is 18.3 Å². The van der Waals surface area contributed by atoms with Gasteiger partial charge in [-0.25, -0.2) is 0 Å². The van der Waals surface area contributed by atoms with E-state index in [0.717, 1.165) is 0 Å². The summed E-state index contributed by atoms with van der Waals surface area (Å²) in [5.74, 6) is 0.169. The molecule has 0 radical (unpaired) electrons. The number of fused-ring (bicyclic) bond motifs is 1. The molecular weight excluding hydrogens is 340 g/mol. The van der Waals surface area contributed by atoms with Gasteiger partial charge >= 0.3 is 0 Å². The van der Waals surface area contributed by atoms with Crippen molar-refractivity contribution in [1.29, 1.82) is 0 Å². The zero-order valence-corrected chi connectivity index (χ0v) is 15.6. The third-order valence-electron chi connectivity index (χ3n) is 4.98. The van der Waals surface area contributed by atoms with Crippen LogP contribution in [0.15, 0.2) is 84.9 Å². The molecule has 3 heteroatoms. The van der Waals surface area contributed by atoms with Crippen LogP contribution in [0.4, 0.5) is 0 Å². The Kier molecular flexibility index (Phi) is 5.46. The van der Waals surface area contributed by atoms with Crippen molar-refractivity contribution >= 4 is 23.3 Å². The first-order chi connectivity index (χ1) is 12.3. The van der Waals surface area contributed by atoms with E-state index in [1.54, 1.807) is 0 Å². The van der Waals surface area contributed by atoms with Gasteiger partial charge in [-0.15, -0.1) is 12.4 Å². The lowest BCUT2D eigenvalue weighted by Gasteiger charge is -2.18. The number of aromatic nitrogens is 1. The number of nitrogens with zero attached hydrogens (tertiary/aromatic N) is 1. The molecule has 0 amide bonds. The van der Waals surface area contributed by atoms with Crippen LogP contribution in [0.2, 0.25) is 0 Å². The molecule has 1 heterocycles. The highest BCUT2D eigenvalue weighted by Gasteiger charge is 2.23. The van der Waals surface area contributed by atoms with Gasteiger partial charge in [-0.05, 0) is 22.8 Å². The topological polar surface area (TPSA) is 30.9 Å². The molecule has 2 nitrogen and oxygen atoms in total. The highest BCUT2D eigenvalue weighted by molar-refractivity contribution is 5.93. The van der Waals surface area contributed by atoms with Crippen LogP contribution in [-0.2, 0) is 7.05 Å². The van der Waals surface area contributed by atoms with Crippen LogP contribution in [0.3, 0.4) is 0 Å². The summed E-state index contributed by atoms with van der Waals surface area (Å²) in [6.45, 7) is 0.581. The molecule has 132 valence electrons. The van der Waals surface area contributed by atoms with Crippen molar-refractivity contribution in [2.24, 2.45) is 12.8 Å². The molecule has 0 aliphatic carbocycles. The predicted molar refractivity (Wildman–Crippen MR) is 113 cm³/mol. The minimum atomic E-state index is 0. The molecular formula is C23H23ClN2. The minimum absolute atomic E-state index is 0. The van der Waals surface area contributed by atoms with Crippen molar-refractivity contribution in [3.05, 3.63) is 96.1 Å². The van der Waals surface area contributed by atoms with Crippen LogP contribution in [0.25, 0.3) is 22.2 Å². The maximum absolute atomic E-state index is 6.27. The van der Waals surface area contributed by atoms with E-state index in [1.807, 2.05) is 0 Å². The summed E-state index contributed by atoms with van der Waals surface area (Å²) in [4.78, 5) is 0. The van der Waals surface area contributed by atoms with E-state index in [0.29, 0.717) is 6.54 Å². The van der Waals surface area contributed by atoms with Crippen molar-refractivity contribution in [3.63, 3.8) is 0 Å². The molecule has 0 saturated heterocycles. The summed E-state index contributed by atoms with van der Waals surface area (Å²) in [5, 5.41) is 1.28. The predicted octanol–water partition coefficient (Wildman–Crippen LogP) is 5.36. The molecule has 0 fully saturated rings. The van der Waals surface area contributed by atoms with Crippen molar-refractivity contribution in [1.82, 2.24) is 4.57 Å². The fourth-order valence-electron chi connectivity index (χ4n) is 3.83. The monoisotopic (exact) mass is 362 g/mol. The average molecular weight is 363 g/mol. The number of benzene rings is 3. The number of nitrogens with two attached hydrogens (primary N) is 1.